The first-order valence-electron chi connectivity index (χ1n) is 11.5. The number of benzene rings is 1. The number of hydrogen-bond acceptors (Lipinski definition) is 8. The number of phenolic OH excluding ortho intramolecular Hbond substituents is 1. The molecule has 0 aliphatic carbocycles. The largest absolute Gasteiger partial charge is 0.508 e. The maximum absolute atomic E-state index is 13.1. The first kappa shape index (κ1) is 30.2. The molecule has 196 valence electrons. The van der Waals surface area contributed by atoms with Crippen molar-refractivity contribution < 1.29 is 29.4 Å². The molecular weight excluding hydrogens is 474 g/mol. The number of hydrogen-bond donors (Lipinski definition) is 8. The Morgan fingerprint density at radius 2 is 1.51 bits per heavy atom. The van der Waals surface area contributed by atoms with Crippen molar-refractivity contribution in [2.75, 3.05) is 12.3 Å². The van der Waals surface area contributed by atoms with Crippen molar-refractivity contribution in [3.05, 3.63) is 29.8 Å². The highest BCUT2D eigenvalue weighted by molar-refractivity contribution is 7.80. The van der Waals surface area contributed by atoms with Gasteiger partial charge in [0.2, 0.25) is 17.7 Å². The van der Waals surface area contributed by atoms with Crippen molar-refractivity contribution in [2.45, 2.75) is 63.7 Å². The predicted octanol–water partition coefficient (Wildman–Crippen LogP) is -0.484. The molecule has 12 heteroatoms. The van der Waals surface area contributed by atoms with Crippen LogP contribution in [0.4, 0.5) is 0 Å². The van der Waals surface area contributed by atoms with Crippen LogP contribution in [0.15, 0.2) is 24.3 Å². The van der Waals surface area contributed by atoms with Crippen LogP contribution in [0, 0.1) is 5.92 Å². The zero-order valence-corrected chi connectivity index (χ0v) is 21.0. The second kappa shape index (κ2) is 15.2. The lowest BCUT2D eigenvalue weighted by Crippen LogP contribution is -2.58. The van der Waals surface area contributed by atoms with Gasteiger partial charge in [0.15, 0.2) is 0 Å². The number of thiol groups is 1. The van der Waals surface area contributed by atoms with Crippen LogP contribution in [0.2, 0.25) is 0 Å². The molecule has 0 saturated carbocycles. The number of carbonyl (C=O) groups is 4. The first-order valence-corrected chi connectivity index (χ1v) is 12.1. The predicted molar refractivity (Wildman–Crippen MR) is 135 cm³/mol. The van der Waals surface area contributed by atoms with Crippen LogP contribution in [0.1, 0.15) is 38.7 Å². The summed E-state index contributed by atoms with van der Waals surface area (Å²) in [5.41, 5.74) is 12.1. The summed E-state index contributed by atoms with van der Waals surface area (Å²) >= 11 is 4.12. The average Bonchev–Trinajstić information content (AvgIpc) is 2.81. The monoisotopic (exact) mass is 511 g/mol. The normalized spacial score (nSPS) is 14.5. The molecular formula is C23H37N5O6S. The van der Waals surface area contributed by atoms with Crippen LogP contribution in [0.25, 0.3) is 0 Å². The Labute approximate surface area is 210 Å². The third-order valence-electron chi connectivity index (χ3n) is 5.36. The molecule has 3 amide bonds. The van der Waals surface area contributed by atoms with E-state index in [1.807, 2.05) is 0 Å². The van der Waals surface area contributed by atoms with Crippen LogP contribution in [0.3, 0.4) is 0 Å². The maximum Gasteiger partial charge on any atom is 0.326 e. The molecule has 0 saturated heterocycles. The Balaban J connectivity index is 2.99. The Morgan fingerprint density at radius 3 is 2.03 bits per heavy atom. The SMILES string of the molecule is CC(C)C(NC(=O)C(CS)NC(=O)C(Cc1ccc(O)cc1)NC(=O)C(N)CCCCN)C(=O)O. The van der Waals surface area contributed by atoms with Crippen molar-refractivity contribution in [3.8, 4) is 5.75 Å². The number of carboxylic acids is 1. The van der Waals surface area contributed by atoms with Gasteiger partial charge in [-0.3, -0.25) is 14.4 Å². The van der Waals surface area contributed by atoms with Crippen LogP contribution in [0.5, 0.6) is 5.75 Å². The lowest BCUT2D eigenvalue weighted by Gasteiger charge is -2.25. The molecule has 0 bridgehead atoms. The maximum atomic E-state index is 13.1. The van der Waals surface area contributed by atoms with E-state index >= 15 is 0 Å². The Bertz CT molecular complexity index is 851. The molecule has 0 heterocycles. The van der Waals surface area contributed by atoms with Gasteiger partial charge >= 0.3 is 5.97 Å². The van der Waals surface area contributed by atoms with E-state index in [1.165, 1.54) is 12.1 Å². The zero-order chi connectivity index (χ0) is 26.5. The van der Waals surface area contributed by atoms with Gasteiger partial charge in [-0.25, -0.2) is 4.79 Å². The summed E-state index contributed by atoms with van der Waals surface area (Å²) in [5, 5.41) is 26.4. The molecule has 4 atom stereocenters. The quantitative estimate of drug-likeness (QED) is 0.114. The molecule has 0 radical (unpaired) electrons. The molecule has 1 aromatic carbocycles. The lowest BCUT2D eigenvalue weighted by atomic mass is 10.0. The third kappa shape index (κ3) is 10.5. The minimum Gasteiger partial charge on any atom is -0.508 e. The molecule has 0 aliphatic rings. The van der Waals surface area contributed by atoms with E-state index < -0.39 is 47.9 Å². The fourth-order valence-electron chi connectivity index (χ4n) is 3.23. The number of aromatic hydroxyl groups is 1. The molecule has 9 N–H and O–H groups in total. The molecule has 4 unspecified atom stereocenters. The lowest BCUT2D eigenvalue weighted by molar-refractivity contribution is -0.143. The van der Waals surface area contributed by atoms with E-state index in [0.717, 1.165) is 0 Å². The molecule has 11 nitrogen and oxygen atoms in total. The van der Waals surface area contributed by atoms with Gasteiger partial charge in [0.25, 0.3) is 0 Å². The fraction of sp³-hybridized carbons (Fsp3) is 0.565. The number of aliphatic carboxylic acids is 1. The van der Waals surface area contributed by atoms with Gasteiger partial charge < -0.3 is 37.6 Å². The van der Waals surface area contributed by atoms with E-state index in [2.05, 4.69) is 28.6 Å². The van der Waals surface area contributed by atoms with E-state index in [9.17, 15) is 29.4 Å². The molecule has 1 aromatic rings. The molecule has 1 rings (SSSR count). The van der Waals surface area contributed by atoms with E-state index in [4.69, 9.17) is 11.5 Å². The van der Waals surface area contributed by atoms with Gasteiger partial charge in [-0.15, -0.1) is 0 Å². The average molecular weight is 512 g/mol. The summed E-state index contributed by atoms with van der Waals surface area (Å²) in [6, 6.07) is 1.91. The Hall–Kier alpha value is -2.83. The second-order valence-electron chi connectivity index (χ2n) is 8.63. The zero-order valence-electron chi connectivity index (χ0n) is 20.1. The number of nitrogens with one attached hydrogen (secondary N) is 3. The number of rotatable bonds is 15. The summed E-state index contributed by atoms with van der Waals surface area (Å²) < 4.78 is 0. The number of phenols is 1. The second-order valence-corrected chi connectivity index (χ2v) is 9.00. The van der Waals surface area contributed by atoms with Gasteiger partial charge in [0.1, 0.15) is 23.9 Å². The van der Waals surface area contributed by atoms with Crippen molar-refractivity contribution in [2.24, 2.45) is 17.4 Å². The summed E-state index contributed by atoms with van der Waals surface area (Å²) in [6.45, 7) is 3.77. The number of nitrogens with two attached hydrogens (primary N) is 2. The first-order chi connectivity index (χ1) is 16.5. The minimum atomic E-state index is -1.20. The van der Waals surface area contributed by atoms with Gasteiger partial charge in [0.05, 0.1) is 6.04 Å². The Morgan fingerprint density at radius 1 is 0.943 bits per heavy atom. The minimum absolute atomic E-state index is 0.0469. The topological polar surface area (TPSA) is 197 Å². The molecule has 0 fully saturated rings. The highest BCUT2D eigenvalue weighted by Crippen LogP contribution is 2.12. The van der Waals surface area contributed by atoms with E-state index in [0.29, 0.717) is 31.4 Å². The highest BCUT2D eigenvalue weighted by Gasteiger charge is 2.30. The van der Waals surface area contributed by atoms with Gasteiger partial charge in [-0.2, -0.15) is 12.6 Å². The van der Waals surface area contributed by atoms with Crippen LogP contribution < -0.4 is 27.4 Å². The number of carboxylic acid groups (broad SMARTS) is 1. The molecule has 0 aliphatic heterocycles. The fourth-order valence-corrected chi connectivity index (χ4v) is 3.49. The Kier molecular flexibility index (Phi) is 13.1. The number of carbonyl (C=O) groups excluding carboxylic acids is 3. The van der Waals surface area contributed by atoms with E-state index in [-0.39, 0.29) is 23.8 Å². The van der Waals surface area contributed by atoms with Gasteiger partial charge in [0, 0.05) is 12.2 Å². The van der Waals surface area contributed by atoms with Crippen LogP contribution in [-0.2, 0) is 25.6 Å². The molecule has 0 spiro atoms. The summed E-state index contributed by atoms with van der Waals surface area (Å²) in [4.78, 5) is 49.8. The van der Waals surface area contributed by atoms with Crippen molar-refractivity contribution in [3.63, 3.8) is 0 Å². The van der Waals surface area contributed by atoms with E-state index in [1.54, 1.807) is 26.0 Å². The summed E-state index contributed by atoms with van der Waals surface area (Å²) in [5.74, 6) is -3.52. The van der Waals surface area contributed by atoms with Gasteiger partial charge in [-0.05, 0) is 43.0 Å². The van der Waals surface area contributed by atoms with Crippen LogP contribution >= 0.6 is 12.6 Å². The van der Waals surface area contributed by atoms with Gasteiger partial charge in [-0.1, -0.05) is 32.4 Å². The number of unbranched alkanes of at least 4 members (excludes halogenated alkanes) is 1. The van der Waals surface area contributed by atoms with Crippen molar-refractivity contribution in [1.29, 1.82) is 0 Å². The molecule has 35 heavy (non-hydrogen) atoms. The summed E-state index contributed by atoms with van der Waals surface area (Å²) in [7, 11) is 0. The van der Waals surface area contributed by atoms with Crippen molar-refractivity contribution in [1.82, 2.24) is 16.0 Å². The van der Waals surface area contributed by atoms with Crippen LogP contribution in [-0.4, -0.2) is 70.4 Å². The molecule has 0 aromatic heterocycles. The summed E-state index contributed by atoms with van der Waals surface area (Å²) in [6.07, 6.45) is 1.83. The van der Waals surface area contributed by atoms with Crippen molar-refractivity contribution >= 4 is 36.3 Å². The smallest absolute Gasteiger partial charge is 0.326 e. The highest BCUT2D eigenvalue weighted by atomic mass is 32.1. The number of amides is 3. The third-order valence-corrected chi connectivity index (χ3v) is 5.73. The standard InChI is InChI=1S/C23H37N5O6S/c1-13(2)19(23(33)34)28-22(32)18(12-35)27-21(31)17(11-14-6-8-15(29)9-7-14)26-20(30)16(25)5-3-4-10-24/h6-9,13,16-19,29,35H,3-5,10-12,24-25H2,1-2H3,(H,26,30)(H,27,31)(H,28,32)(H,33,34).